The molecule has 0 heterocycles. The third-order valence-electron chi connectivity index (χ3n) is 2.63. The SMILES string of the molecule is CCCCC(COC)NC(C)CCS(C)=O. The molecule has 4 heteroatoms. The molecule has 0 amide bonds. The number of ether oxygens (including phenoxy) is 1. The lowest BCUT2D eigenvalue weighted by Gasteiger charge is -2.22. The molecule has 3 nitrogen and oxygen atoms in total. The van der Waals surface area contributed by atoms with Crippen molar-refractivity contribution in [2.45, 2.75) is 51.6 Å². The zero-order chi connectivity index (χ0) is 12.4. The number of hydrogen-bond donors (Lipinski definition) is 1. The van der Waals surface area contributed by atoms with E-state index in [4.69, 9.17) is 4.74 Å². The fraction of sp³-hybridized carbons (Fsp3) is 1.00. The molecule has 0 aromatic heterocycles. The van der Waals surface area contributed by atoms with Gasteiger partial charge in [-0.15, -0.1) is 0 Å². The molecule has 0 saturated carbocycles. The first-order valence-corrected chi connectivity index (χ1v) is 7.87. The summed E-state index contributed by atoms with van der Waals surface area (Å²) in [5.41, 5.74) is 0. The topological polar surface area (TPSA) is 38.3 Å². The lowest BCUT2D eigenvalue weighted by Crippen LogP contribution is -2.40. The van der Waals surface area contributed by atoms with Gasteiger partial charge in [0.1, 0.15) is 0 Å². The van der Waals surface area contributed by atoms with Crippen molar-refractivity contribution in [1.82, 2.24) is 5.32 Å². The second-order valence-corrected chi connectivity index (χ2v) is 5.98. The van der Waals surface area contributed by atoms with E-state index in [1.807, 2.05) is 0 Å². The van der Waals surface area contributed by atoms with Crippen molar-refractivity contribution in [2.24, 2.45) is 0 Å². The van der Waals surface area contributed by atoms with Crippen molar-refractivity contribution in [3.63, 3.8) is 0 Å². The zero-order valence-electron chi connectivity index (χ0n) is 11.1. The first kappa shape index (κ1) is 16.1. The molecule has 3 unspecified atom stereocenters. The van der Waals surface area contributed by atoms with Gasteiger partial charge >= 0.3 is 0 Å². The molecular formula is C12H27NO2S. The minimum Gasteiger partial charge on any atom is -0.383 e. The summed E-state index contributed by atoms with van der Waals surface area (Å²) in [6.45, 7) is 5.12. The van der Waals surface area contributed by atoms with Crippen molar-refractivity contribution in [3.8, 4) is 0 Å². The van der Waals surface area contributed by atoms with Gasteiger partial charge < -0.3 is 10.1 Å². The van der Waals surface area contributed by atoms with Crippen molar-refractivity contribution in [1.29, 1.82) is 0 Å². The average molecular weight is 249 g/mol. The van der Waals surface area contributed by atoms with Crippen LogP contribution in [0.2, 0.25) is 0 Å². The van der Waals surface area contributed by atoms with E-state index in [2.05, 4.69) is 19.2 Å². The van der Waals surface area contributed by atoms with E-state index in [1.165, 1.54) is 12.8 Å². The summed E-state index contributed by atoms with van der Waals surface area (Å²) in [6.07, 6.45) is 6.33. The van der Waals surface area contributed by atoms with E-state index < -0.39 is 10.8 Å². The molecular weight excluding hydrogens is 222 g/mol. The van der Waals surface area contributed by atoms with Gasteiger partial charge in [-0.25, -0.2) is 0 Å². The molecule has 0 aliphatic rings. The van der Waals surface area contributed by atoms with Crippen molar-refractivity contribution in [3.05, 3.63) is 0 Å². The number of methoxy groups -OCH3 is 1. The molecule has 0 radical (unpaired) electrons. The molecule has 16 heavy (non-hydrogen) atoms. The van der Waals surface area contributed by atoms with Gasteiger partial charge in [0.2, 0.25) is 0 Å². The maximum absolute atomic E-state index is 11.0. The Morgan fingerprint density at radius 3 is 2.56 bits per heavy atom. The Hall–Kier alpha value is 0.0700. The number of unbranched alkanes of at least 4 members (excludes halogenated alkanes) is 1. The summed E-state index contributed by atoms with van der Waals surface area (Å²) in [6, 6.07) is 0.853. The molecule has 0 fully saturated rings. The maximum atomic E-state index is 11.0. The van der Waals surface area contributed by atoms with Gasteiger partial charge in [0.05, 0.1) is 6.61 Å². The standard InChI is InChI=1S/C12H27NO2S/c1-5-6-7-12(10-15-3)13-11(2)8-9-16(4)14/h11-13H,5-10H2,1-4H3. The van der Waals surface area contributed by atoms with Gasteiger partial charge in [0.15, 0.2) is 0 Å². The summed E-state index contributed by atoms with van der Waals surface area (Å²) in [5, 5.41) is 3.55. The van der Waals surface area contributed by atoms with Gasteiger partial charge in [-0.05, 0) is 19.8 Å². The van der Waals surface area contributed by atoms with Gasteiger partial charge in [-0.1, -0.05) is 19.8 Å². The smallest absolute Gasteiger partial charge is 0.0615 e. The molecule has 0 rings (SSSR count). The Morgan fingerprint density at radius 1 is 1.38 bits per heavy atom. The highest BCUT2D eigenvalue weighted by atomic mass is 32.2. The monoisotopic (exact) mass is 249 g/mol. The van der Waals surface area contributed by atoms with Crippen LogP contribution in [-0.4, -0.2) is 42.0 Å². The predicted molar refractivity (Wildman–Crippen MR) is 71.3 cm³/mol. The molecule has 98 valence electrons. The number of nitrogens with one attached hydrogen (secondary N) is 1. The Kier molecular flexibility index (Phi) is 10.3. The Morgan fingerprint density at radius 2 is 2.06 bits per heavy atom. The maximum Gasteiger partial charge on any atom is 0.0615 e. The van der Waals surface area contributed by atoms with Gasteiger partial charge in [-0.2, -0.15) is 0 Å². The highest BCUT2D eigenvalue weighted by Crippen LogP contribution is 2.04. The van der Waals surface area contributed by atoms with Crippen molar-refractivity contribution < 1.29 is 8.95 Å². The van der Waals surface area contributed by atoms with Crippen LogP contribution in [0.5, 0.6) is 0 Å². The summed E-state index contributed by atoms with van der Waals surface area (Å²) in [5.74, 6) is 0.779. The van der Waals surface area contributed by atoms with Crippen molar-refractivity contribution in [2.75, 3.05) is 25.7 Å². The molecule has 0 spiro atoms. The predicted octanol–water partition coefficient (Wildman–Crippen LogP) is 1.94. The largest absolute Gasteiger partial charge is 0.383 e. The summed E-state index contributed by atoms with van der Waals surface area (Å²) < 4.78 is 16.2. The Bertz CT molecular complexity index is 188. The van der Waals surface area contributed by atoms with E-state index in [9.17, 15) is 4.21 Å². The van der Waals surface area contributed by atoms with Crippen LogP contribution >= 0.6 is 0 Å². The van der Waals surface area contributed by atoms with Crippen LogP contribution < -0.4 is 5.32 Å². The number of hydrogen-bond acceptors (Lipinski definition) is 3. The van der Waals surface area contributed by atoms with Gasteiger partial charge in [0, 0.05) is 42.0 Å². The second-order valence-electron chi connectivity index (χ2n) is 4.43. The molecule has 0 bridgehead atoms. The first-order chi connectivity index (χ1) is 7.60. The summed E-state index contributed by atoms with van der Waals surface area (Å²) in [7, 11) is 1.06. The van der Waals surface area contributed by atoms with Crippen LogP contribution in [0.3, 0.4) is 0 Å². The van der Waals surface area contributed by atoms with Crippen LogP contribution in [0.25, 0.3) is 0 Å². The molecule has 3 atom stereocenters. The van der Waals surface area contributed by atoms with E-state index in [0.717, 1.165) is 25.2 Å². The zero-order valence-corrected chi connectivity index (χ0v) is 11.9. The van der Waals surface area contributed by atoms with Crippen LogP contribution in [-0.2, 0) is 15.5 Å². The van der Waals surface area contributed by atoms with E-state index >= 15 is 0 Å². The molecule has 0 saturated heterocycles. The van der Waals surface area contributed by atoms with Gasteiger partial charge in [0.25, 0.3) is 0 Å². The van der Waals surface area contributed by atoms with E-state index in [1.54, 1.807) is 13.4 Å². The molecule has 0 aliphatic heterocycles. The second kappa shape index (κ2) is 10.2. The molecule has 0 aromatic rings. The summed E-state index contributed by atoms with van der Waals surface area (Å²) in [4.78, 5) is 0. The molecule has 0 aliphatic carbocycles. The van der Waals surface area contributed by atoms with Gasteiger partial charge in [-0.3, -0.25) is 4.21 Å². The minimum atomic E-state index is -0.681. The highest BCUT2D eigenvalue weighted by molar-refractivity contribution is 7.84. The highest BCUT2D eigenvalue weighted by Gasteiger charge is 2.11. The van der Waals surface area contributed by atoms with Crippen LogP contribution in [0.4, 0.5) is 0 Å². The van der Waals surface area contributed by atoms with Crippen molar-refractivity contribution >= 4 is 10.8 Å². The minimum absolute atomic E-state index is 0.418. The molecule has 1 N–H and O–H groups in total. The van der Waals surface area contributed by atoms with E-state index in [-0.39, 0.29) is 0 Å². The Balaban J connectivity index is 3.81. The van der Waals surface area contributed by atoms with Crippen LogP contribution in [0.1, 0.15) is 39.5 Å². The third-order valence-corrected chi connectivity index (χ3v) is 3.44. The lowest BCUT2D eigenvalue weighted by atomic mass is 10.1. The number of rotatable bonds is 10. The first-order valence-electron chi connectivity index (χ1n) is 6.15. The van der Waals surface area contributed by atoms with Crippen LogP contribution in [0, 0.1) is 0 Å². The van der Waals surface area contributed by atoms with Crippen LogP contribution in [0.15, 0.2) is 0 Å². The quantitative estimate of drug-likeness (QED) is 0.643. The lowest BCUT2D eigenvalue weighted by molar-refractivity contribution is 0.156. The summed E-state index contributed by atoms with van der Waals surface area (Å²) >= 11 is 0. The normalized spacial score (nSPS) is 17.0. The fourth-order valence-electron chi connectivity index (χ4n) is 1.69. The fourth-order valence-corrected chi connectivity index (χ4v) is 2.38. The molecule has 0 aromatic carbocycles. The average Bonchev–Trinajstić information content (AvgIpc) is 2.23. The third kappa shape index (κ3) is 9.31. The van der Waals surface area contributed by atoms with E-state index in [0.29, 0.717) is 12.1 Å². The Labute approximate surface area is 103 Å².